The van der Waals surface area contributed by atoms with Crippen molar-refractivity contribution in [2.45, 2.75) is 52.7 Å². The van der Waals surface area contributed by atoms with Crippen molar-refractivity contribution in [2.24, 2.45) is 0 Å². The summed E-state index contributed by atoms with van der Waals surface area (Å²) in [5.74, 6) is -1.13. The zero-order valence-corrected chi connectivity index (χ0v) is 13.2. The van der Waals surface area contributed by atoms with Gasteiger partial charge in [0.05, 0.1) is 12.5 Å². The van der Waals surface area contributed by atoms with Gasteiger partial charge in [0, 0.05) is 12.1 Å². The van der Waals surface area contributed by atoms with Crippen LogP contribution in [-0.4, -0.2) is 48.1 Å². The second-order valence-electron chi connectivity index (χ2n) is 5.45. The number of rotatable bonds is 6. The molecule has 0 fully saturated rings. The minimum Gasteiger partial charge on any atom is -0.481 e. The van der Waals surface area contributed by atoms with Gasteiger partial charge in [-0.1, -0.05) is 0 Å². The molecule has 0 aromatic heterocycles. The van der Waals surface area contributed by atoms with Crippen LogP contribution in [0, 0.1) is 0 Å². The first-order chi connectivity index (χ1) is 8.86. The maximum Gasteiger partial charge on any atom is 0.422 e. The molecule has 2 N–H and O–H groups in total. The summed E-state index contributed by atoms with van der Waals surface area (Å²) in [6.07, 6.45) is -1.92. The average molecular weight is 310 g/mol. The number of hydrogen-bond donors (Lipinski definition) is 2. The van der Waals surface area contributed by atoms with Crippen molar-refractivity contribution < 1.29 is 27.9 Å². The van der Waals surface area contributed by atoms with Gasteiger partial charge in [-0.05, 0) is 34.6 Å². The number of hydrogen-bond acceptors (Lipinski definition) is 5. The van der Waals surface area contributed by atoms with Crippen molar-refractivity contribution >= 4 is 22.3 Å². The maximum absolute atomic E-state index is 12.1. The van der Waals surface area contributed by atoms with Crippen LogP contribution >= 0.6 is 0 Å². The van der Waals surface area contributed by atoms with Crippen molar-refractivity contribution in [3.63, 3.8) is 0 Å². The van der Waals surface area contributed by atoms with Gasteiger partial charge >= 0.3 is 22.3 Å². The van der Waals surface area contributed by atoms with Gasteiger partial charge in [-0.25, -0.2) is 9.52 Å². The van der Waals surface area contributed by atoms with Gasteiger partial charge in [-0.2, -0.15) is 12.7 Å². The van der Waals surface area contributed by atoms with Crippen molar-refractivity contribution in [3.05, 3.63) is 0 Å². The third-order valence-electron chi connectivity index (χ3n) is 2.12. The van der Waals surface area contributed by atoms with Gasteiger partial charge in [-0.15, -0.1) is 0 Å². The van der Waals surface area contributed by atoms with E-state index in [9.17, 15) is 18.0 Å². The number of carbonyl (C=O) groups is 2. The fourth-order valence-corrected chi connectivity index (χ4v) is 2.83. The van der Waals surface area contributed by atoms with Crippen LogP contribution in [0.1, 0.15) is 41.0 Å². The molecule has 1 amide bonds. The van der Waals surface area contributed by atoms with Crippen LogP contribution < -0.4 is 4.72 Å². The van der Waals surface area contributed by atoms with Crippen molar-refractivity contribution in [3.8, 4) is 0 Å². The normalized spacial score (nSPS) is 12.6. The standard InChI is InChI=1S/C11H22N2O6S/c1-8(2)19-10(16)12-20(17,18)13(11(3,4)5)7-6-9(14)15/h8H,6-7H2,1-5H3,(H,12,16)(H,14,15). The molecule has 0 aliphatic carbocycles. The summed E-state index contributed by atoms with van der Waals surface area (Å²) in [6, 6.07) is 0. The lowest BCUT2D eigenvalue weighted by Crippen LogP contribution is -2.52. The summed E-state index contributed by atoms with van der Waals surface area (Å²) in [7, 11) is -4.18. The van der Waals surface area contributed by atoms with E-state index < -0.39 is 33.9 Å². The highest BCUT2D eigenvalue weighted by molar-refractivity contribution is 7.87. The van der Waals surface area contributed by atoms with Gasteiger partial charge in [0.2, 0.25) is 0 Å². The van der Waals surface area contributed by atoms with E-state index in [2.05, 4.69) is 0 Å². The fraction of sp³-hybridized carbons (Fsp3) is 0.818. The second kappa shape index (κ2) is 6.89. The molecule has 0 saturated heterocycles. The lowest BCUT2D eigenvalue weighted by atomic mass is 10.1. The summed E-state index contributed by atoms with van der Waals surface area (Å²) in [5.41, 5.74) is -0.876. The van der Waals surface area contributed by atoms with Crippen LogP contribution in [0.15, 0.2) is 0 Å². The number of carbonyl (C=O) groups excluding carboxylic acids is 1. The molecule has 20 heavy (non-hydrogen) atoms. The summed E-state index contributed by atoms with van der Waals surface area (Å²) in [6.45, 7) is 7.71. The molecule has 0 unspecified atom stereocenters. The first-order valence-corrected chi connectivity index (χ1v) is 7.53. The Balaban J connectivity index is 5.05. The van der Waals surface area contributed by atoms with Gasteiger partial charge < -0.3 is 9.84 Å². The van der Waals surface area contributed by atoms with E-state index >= 15 is 0 Å². The molecule has 0 aliphatic rings. The molecular formula is C11H22N2O6S. The van der Waals surface area contributed by atoms with E-state index in [0.717, 1.165) is 4.31 Å². The molecule has 0 bridgehead atoms. The molecule has 118 valence electrons. The largest absolute Gasteiger partial charge is 0.481 e. The van der Waals surface area contributed by atoms with Crippen LogP contribution in [0.5, 0.6) is 0 Å². The Labute approximate surface area is 119 Å². The van der Waals surface area contributed by atoms with E-state index in [1.54, 1.807) is 39.3 Å². The third-order valence-corrected chi connectivity index (χ3v) is 3.86. The zero-order chi connectivity index (χ0) is 16.1. The summed E-state index contributed by atoms with van der Waals surface area (Å²) in [5, 5.41) is 8.66. The lowest BCUT2D eigenvalue weighted by Gasteiger charge is -2.33. The van der Waals surface area contributed by atoms with Crippen molar-refractivity contribution in [2.75, 3.05) is 6.54 Å². The molecule has 0 saturated carbocycles. The third kappa shape index (κ3) is 6.71. The Morgan fingerprint density at radius 3 is 2.15 bits per heavy atom. The number of carboxylic acids is 1. The second-order valence-corrected chi connectivity index (χ2v) is 7.04. The van der Waals surface area contributed by atoms with Gasteiger partial charge in [0.15, 0.2) is 0 Å². The van der Waals surface area contributed by atoms with E-state index in [1.165, 1.54) is 0 Å². The Hall–Kier alpha value is -1.35. The Bertz CT molecular complexity index is 452. The Morgan fingerprint density at radius 2 is 1.80 bits per heavy atom. The number of carboxylic acid groups (broad SMARTS) is 1. The molecule has 0 spiro atoms. The molecule has 0 aliphatic heterocycles. The van der Waals surface area contributed by atoms with Crippen LogP contribution in [0.3, 0.4) is 0 Å². The predicted molar refractivity (Wildman–Crippen MR) is 72.4 cm³/mol. The smallest absolute Gasteiger partial charge is 0.422 e. The molecular weight excluding hydrogens is 288 g/mol. The van der Waals surface area contributed by atoms with Crippen LogP contribution in [-0.2, 0) is 19.7 Å². The highest BCUT2D eigenvalue weighted by Crippen LogP contribution is 2.17. The van der Waals surface area contributed by atoms with Crippen molar-refractivity contribution in [1.29, 1.82) is 0 Å². The lowest BCUT2D eigenvalue weighted by molar-refractivity contribution is -0.137. The summed E-state index contributed by atoms with van der Waals surface area (Å²) in [4.78, 5) is 22.0. The van der Waals surface area contributed by atoms with Gasteiger partial charge in [0.1, 0.15) is 0 Å². The van der Waals surface area contributed by atoms with Crippen LogP contribution in [0.25, 0.3) is 0 Å². The van der Waals surface area contributed by atoms with E-state index in [1.807, 2.05) is 0 Å². The first-order valence-electron chi connectivity index (χ1n) is 6.09. The molecule has 8 nitrogen and oxygen atoms in total. The first kappa shape index (κ1) is 18.7. The SMILES string of the molecule is CC(C)OC(=O)NS(=O)(=O)N(CCC(=O)O)C(C)(C)C. The monoisotopic (exact) mass is 310 g/mol. The molecule has 0 aromatic rings. The Kier molecular flexibility index (Phi) is 6.42. The van der Waals surface area contributed by atoms with Crippen LogP contribution in [0.4, 0.5) is 4.79 Å². The van der Waals surface area contributed by atoms with Crippen LogP contribution in [0.2, 0.25) is 0 Å². The molecule has 0 heterocycles. The topological polar surface area (TPSA) is 113 Å². The number of nitrogens with one attached hydrogen (secondary N) is 1. The molecule has 0 atom stereocenters. The zero-order valence-electron chi connectivity index (χ0n) is 12.3. The maximum atomic E-state index is 12.1. The number of ether oxygens (including phenoxy) is 1. The highest BCUT2D eigenvalue weighted by atomic mass is 32.2. The van der Waals surface area contributed by atoms with Gasteiger partial charge in [0.25, 0.3) is 0 Å². The summed E-state index contributed by atoms with van der Waals surface area (Å²) < 4.78 is 31.6. The molecule has 0 rings (SSSR count). The molecule has 0 aromatic carbocycles. The predicted octanol–water partition coefficient (Wildman–Crippen LogP) is 0.941. The number of aliphatic carboxylic acids is 1. The minimum atomic E-state index is -4.18. The number of amides is 1. The number of nitrogens with zero attached hydrogens (tertiary/aromatic N) is 1. The molecule has 9 heteroatoms. The van der Waals surface area contributed by atoms with E-state index in [0.29, 0.717) is 0 Å². The summed E-state index contributed by atoms with van der Waals surface area (Å²) >= 11 is 0. The van der Waals surface area contributed by atoms with E-state index in [-0.39, 0.29) is 13.0 Å². The average Bonchev–Trinajstić information content (AvgIpc) is 2.10. The minimum absolute atomic E-state index is 0.247. The van der Waals surface area contributed by atoms with Crippen molar-refractivity contribution in [1.82, 2.24) is 9.03 Å². The fourth-order valence-electron chi connectivity index (χ4n) is 1.41. The Morgan fingerprint density at radius 1 is 1.30 bits per heavy atom. The van der Waals surface area contributed by atoms with E-state index in [4.69, 9.17) is 9.84 Å². The highest BCUT2D eigenvalue weighted by Gasteiger charge is 2.34. The molecule has 0 radical (unpaired) electrons. The van der Waals surface area contributed by atoms with Gasteiger partial charge in [-0.3, -0.25) is 4.79 Å². The quantitative estimate of drug-likeness (QED) is 0.755.